The minimum Gasteiger partial charge on any atom is -0.491 e. The summed E-state index contributed by atoms with van der Waals surface area (Å²) in [5.41, 5.74) is 0. The molecule has 2 nitrogen and oxygen atoms in total. The van der Waals surface area contributed by atoms with Crippen molar-refractivity contribution in [2.45, 2.75) is 0 Å². The van der Waals surface area contributed by atoms with Gasteiger partial charge < -0.3 is 9.47 Å². The summed E-state index contributed by atoms with van der Waals surface area (Å²) in [5.74, 6) is 0.719. The third-order valence-electron chi connectivity index (χ3n) is 1.04. The highest BCUT2D eigenvalue weighted by molar-refractivity contribution is 5.14. The third kappa shape index (κ3) is 5.43. The van der Waals surface area contributed by atoms with Crippen molar-refractivity contribution >= 4 is 0 Å². The number of methoxy groups -OCH3 is 1. The Hall–Kier alpha value is -1.02. The normalized spacial score (nSPS) is 10.8. The maximum Gasteiger partial charge on any atom is 0.118 e. The van der Waals surface area contributed by atoms with Crippen molar-refractivity contribution in [3.8, 4) is 0 Å². The van der Waals surface area contributed by atoms with Crippen LogP contribution in [-0.2, 0) is 9.47 Å². The first-order valence-corrected chi connectivity index (χ1v) is 3.42. The molecule has 0 aromatic rings. The van der Waals surface area contributed by atoms with Gasteiger partial charge in [-0.15, -0.1) is 0 Å². The number of ether oxygens (including phenoxy) is 2. The second-order valence-corrected chi connectivity index (χ2v) is 1.85. The van der Waals surface area contributed by atoms with Crippen molar-refractivity contribution in [2.75, 3.05) is 20.3 Å². The lowest BCUT2D eigenvalue weighted by molar-refractivity contribution is 0.114. The molecule has 62 valence electrons. The van der Waals surface area contributed by atoms with E-state index in [0.29, 0.717) is 13.2 Å². The Labute approximate surface area is 67.8 Å². The van der Waals surface area contributed by atoms with Gasteiger partial charge in [0.25, 0.3) is 0 Å². The lowest BCUT2D eigenvalue weighted by atomic mass is 10.4. The highest BCUT2D eigenvalue weighted by Crippen LogP contribution is 1.97. The molecule has 11 heavy (non-hydrogen) atoms. The van der Waals surface area contributed by atoms with Crippen LogP contribution in [0.3, 0.4) is 0 Å². The molecular weight excluding hydrogens is 140 g/mol. The molecule has 2 heteroatoms. The molecular formula is C9H14O2. The molecule has 0 N–H and O–H groups in total. The Morgan fingerprint density at radius 1 is 1.36 bits per heavy atom. The van der Waals surface area contributed by atoms with E-state index in [9.17, 15) is 0 Å². The summed E-state index contributed by atoms with van der Waals surface area (Å²) in [6.07, 6.45) is 5.05. The number of hydrogen-bond acceptors (Lipinski definition) is 2. The molecule has 0 unspecified atom stereocenters. The highest BCUT2D eigenvalue weighted by Gasteiger charge is 1.88. The summed E-state index contributed by atoms with van der Waals surface area (Å²) in [6.45, 7) is 8.25. The van der Waals surface area contributed by atoms with Crippen LogP contribution in [0.25, 0.3) is 0 Å². The average Bonchev–Trinajstić information content (AvgIpc) is 2.03. The van der Waals surface area contributed by atoms with Crippen molar-refractivity contribution in [1.82, 2.24) is 0 Å². The van der Waals surface area contributed by atoms with Gasteiger partial charge in [-0.25, -0.2) is 0 Å². The van der Waals surface area contributed by atoms with Crippen LogP contribution in [0.15, 0.2) is 37.1 Å². The molecule has 0 bridgehead atoms. The predicted octanol–water partition coefficient (Wildman–Crippen LogP) is 1.91. The Kier molecular flexibility index (Phi) is 6.43. The van der Waals surface area contributed by atoms with E-state index in [1.54, 1.807) is 25.3 Å². The molecule has 0 aromatic carbocycles. The van der Waals surface area contributed by atoms with E-state index in [-0.39, 0.29) is 0 Å². The molecule has 0 fully saturated rings. The summed E-state index contributed by atoms with van der Waals surface area (Å²) in [6, 6.07) is 0. The number of hydrogen-bond donors (Lipinski definition) is 0. The summed E-state index contributed by atoms with van der Waals surface area (Å²) < 4.78 is 10.0. The fourth-order valence-electron chi connectivity index (χ4n) is 0.534. The van der Waals surface area contributed by atoms with Gasteiger partial charge in [-0.1, -0.05) is 19.2 Å². The lowest BCUT2D eigenvalue weighted by Gasteiger charge is -2.04. The van der Waals surface area contributed by atoms with Gasteiger partial charge >= 0.3 is 0 Å². The largest absolute Gasteiger partial charge is 0.491 e. The molecule has 0 aliphatic rings. The van der Waals surface area contributed by atoms with Crippen LogP contribution in [-0.4, -0.2) is 20.3 Å². The predicted molar refractivity (Wildman–Crippen MR) is 46.3 cm³/mol. The number of allylic oxidation sites excluding steroid dienone is 3. The fourth-order valence-corrected chi connectivity index (χ4v) is 0.534. The van der Waals surface area contributed by atoms with E-state index in [1.807, 2.05) is 0 Å². The first-order valence-electron chi connectivity index (χ1n) is 3.42. The molecule has 0 atom stereocenters. The van der Waals surface area contributed by atoms with Crippen molar-refractivity contribution in [1.29, 1.82) is 0 Å². The van der Waals surface area contributed by atoms with Gasteiger partial charge in [0.05, 0.1) is 6.61 Å². The molecule has 0 amide bonds. The first kappa shape index (κ1) is 9.98. The van der Waals surface area contributed by atoms with Crippen molar-refractivity contribution in [3.63, 3.8) is 0 Å². The van der Waals surface area contributed by atoms with Crippen molar-refractivity contribution in [2.24, 2.45) is 0 Å². The second-order valence-electron chi connectivity index (χ2n) is 1.85. The SMILES string of the molecule is C=CC=C(C=C)OCCOC. The summed E-state index contributed by atoms with van der Waals surface area (Å²) in [4.78, 5) is 0. The Morgan fingerprint density at radius 2 is 2.09 bits per heavy atom. The van der Waals surface area contributed by atoms with Crippen LogP contribution in [0.1, 0.15) is 0 Å². The van der Waals surface area contributed by atoms with E-state index in [1.165, 1.54) is 0 Å². The van der Waals surface area contributed by atoms with E-state index in [4.69, 9.17) is 9.47 Å². The van der Waals surface area contributed by atoms with Gasteiger partial charge in [-0.3, -0.25) is 0 Å². The maximum atomic E-state index is 5.22. The van der Waals surface area contributed by atoms with E-state index in [2.05, 4.69) is 13.2 Å². The van der Waals surface area contributed by atoms with Crippen LogP contribution in [0.2, 0.25) is 0 Å². The molecule has 0 spiro atoms. The molecule has 0 heterocycles. The minimum absolute atomic E-state index is 0.544. The maximum absolute atomic E-state index is 5.22. The molecule has 0 aliphatic heterocycles. The quantitative estimate of drug-likeness (QED) is 0.330. The van der Waals surface area contributed by atoms with Gasteiger partial charge in [0.15, 0.2) is 0 Å². The third-order valence-corrected chi connectivity index (χ3v) is 1.04. The Bertz CT molecular complexity index is 148. The van der Waals surface area contributed by atoms with Gasteiger partial charge in [0.1, 0.15) is 12.4 Å². The molecule has 0 aromatic heterocycles. The van der Waals surface area contributed by atoms with E-state index >= 15 is 0 Å². The lowest BCUT2D eigenvalue weighted by Crippen LogP contribution is -2.00. The van der Waals surface area contributed by atoms with Gasteiger partial charge in [0.2, 0.25) is 0 Å². The Balaban J connectivity index is 3.60. The van der Waals surface area contributed by atoms with Crippen molar-refractivity contribution in [3.05, 3.63) is 37.1 Å². The van der Waals surface area contributed by atoms with Crippen molar-refractivity contribution < 1.29 is 9.47 Å². The summed E-state index contributed by atoms with van der Waals surface area (Å²) in [7, 11) is 1.63. The Morgan fingerprint density at radius 3 is 2.55 bits per heavy atom. The topological polar surface area (TPSA) is 18.5 Å². The molecule has 0 aliphatic carbocycles. The molecule has 0 rings (SSSR count). The monoisotopic (exact) mass is 154 g/mol. The van der Waals surface area contributed by atoms with Crippen LogP contribution in [0.5, 0.6) is 0 Å². The summed E-state index contributed by atoms with van der Waals surface area (Å²) in [5, 5.41) is 0. The first-order chi connectivity index (χ1) is 5.35. The second kappa shape index (κ2) is 7.09. The standard InChI is InChI=1S/C9H14O2/c1-4-6-9(5-2)11-8-7-10-3/h4-6H,1-2,7-8H2,3H3. The van der Waals surface area contributed by atoms with Crippen LogP contribution < -0.4 is 0 Å². The zero-order chi connectivity index (χ0) is 8.53. The minimum atomic E-state index is 0.544. The van der Waals surface area contributed by atoms with Crippen LogP contribution >= 0.6 is 0 Å². The van der Waals surface area contributed by atoms with Gasteiger partial charge in [0, 0.05) is 7.11 Å². The number of rotatable bonds is 6. The fraction of sp³-hybridized carbons (Fsp3) is 0.333. The highest BCUT2D eigenvalue weighted by atomic mass is 16.5. The zero-order valence-corrected chi connectivity index (χ0v) is 6.88. The molecule has 0 saturated carbocycles. The van der Waals surface area contributed by atoms with Gasteiger partial charge in [-0.05, 0) is 12.2 Å². The average molecular weight is 154 g/mol. The van der Waals surface area contributed by atoms with E-state index < -0.39 is 0 Å². The van der Waals surface area contributed by atoms with Gasteiger partial charge in [-0.2, -0.15) is 0 Å². The summed E-state index contributed by atoms with van der Waals surface area (Å²) >= 11 is 0. The molecule has 0 saturated heterocycles. The van der Waals surface area contributed by atoms with Crippen LogP contribution in [0.4, 0.5) is 0 Å². The molecule has 0 radical (unpaired) electrons. The van der Waals surface area contributed by atoms with Crippen LogP contribution in [0, 0.1) is 0 Å². The zero-order valence-electron chi connectivity index (χ0n) is 6.88. The smallest absolute Gasteiger partial charge is 0.118 e. The van der Waals surface area contributed by atoms with E-state index in [0.717, 1.165) is 5.76 Å².